The lowest BCUT2D eigenvalue weighted by Gasteiger charge is -2.04. The molecular weight excluding hydrogens is 184 g/mol. The van der Waals surface area contributed by atoms with Gasteiger partial charge in [-0.15, -0.1) is 0 Å². The summed E-state index contributed by atoms with van der Waals surface area (Å²) in [4.78, 5) is 13.0. The molecule has 0 heterocycles. The minimum Gasteiger partial charge on any atom is -0.480 e. The van der Waals surface area contributed by atoms with E-state index < -0.39 is 12.0 Å². The Hall–Kier alpha value is -1.26. The van der Waals surface area contributed by atoms with Crippen molar-refractivity contribution in [3.05, 3.63) is 10.4 Å². The molecule has 0 aliphatic carbocycles. The van der Waals surface area contributed by atoms with E-state index in [1.165, 1.54) is 0 Å². The molecule has 0 saturated heterocycles. The highest BCUT2D eigenvalue weighted by molar-refractivity contribution is 5.72. The molecule has 3 N–H and O–H groups in total. The fourth-order valence-electron chi connectivity index (χ4n) is 1.07. The molecule has 1 atom stereocenters. The van der Waals surface area contributed by atoms with Crippen LogP contribution in [0.25, 0.3) is 10.4 Å². The Balaban J connectivity index is 3.21. The maximum atomic E-state index is 10.3. The lowest BCUT2D eigenvalue weighted by molar-refractivity contribution is -0.138. The predicted octanol–water partition coefficient (Wildman–Crippen LogP) is 1.66. The van der Waals surface area contributed by atoms with Crippen LogP contribution in [-0.2, 0) is 4.79 Å². The van der Waals surface area contributed by atoms with Crippen LogP contribution in [0.5, 0.6) is 0 Å². The highest BCUT2D eigenvalue weighted by atomic mass is 16.4. The standard InChI is InChI=1S/C8H16N4O2/c9-7(8(13)14)5-3-1-2-4-6-11-12-10/h7H,1-6,9H2,(H,13,14)/t7-/m0/s1. The number of azide groups is 1. The first kappa shape index (κ1) is 12.7. The third-order valence-electron chi connectivity index (χ3n) is 1.90. The van der Waals surface area contributed by atoms with Crippen molar-refractivity contribution in [1.29, 1.82) is 0 Å². The molecule has 14 heavy (non-hydrogen) atoms. The fourth-order valence-corrected chi connectivity index (χ4v) is 1.07. The van der Waals surface area contributed by atoms with E-state index in [4.69, 9.17) is 16.4 Å². The van der Waals surface area contributed by atoms with Crippen molar-refractivity contribution in [2.24, 2.45) is 10.8 Å². The lowest BCUT2D eigenvalue weighted by Crippen LogP contribution is -2.29. The number of nitrogens with two attached hydrogens (primary N) is 1. The summed E-state index contributed by atoms with van der Waals surface area (Å²) in [5.74, 6) is -0.945. The molecule has 0 aromatic rings. The van der Waals surface area contributed by atoms with Crippen LogP contribution in [0.2, 0.25) is 0 Å². The number of unbranched alkanes of at least 4 members (excludes halogenated alkanes) is 3. The Bertz CT molecular complexity index is 213. The van der Waals surface area contributed by atoms with Crippen LogP contribution in [0.4, 0.5) is 0 Å². The van der Waals surface area contributed by atoms with Crippen molar-refractivity contribution in [3.63, 3.8) is 0 Å². The molecule has 0 unspecified atom stereocenters. The van der Waals surface area contributed by atoms with Crippen molar-refractivity contribution < 1.29 is 9.90 Å². The van der Waals surface area contributed by atoms with Crippen LogP contribution in [0.15, 0.2) is 5.11 Å². The summed E-state index contributed by atoms with van der Waals surface area (Å²) < 4.78 is 0. The van der Waals surface area contributed by atoms with Gasteiger partial charge >= 0.3 is 5.97 Å². The zero-order valence-corrected chi connectivity index (χ0v) is 8.09. The zero-order valence-electron chi connectivity index (χ0n) is 8.09. The van der Waals surface area contributed by atoms with Crippen LogP contribution in [0.1, 0.15) is 32.1 Å². The molecule has 0 radical (unpaired) electrons. The van der Waals surface area contributed by atoms with E-state index in [0.717, 1.165) is 25.7 Å². The van der Waals surface area contributed by atoms with Crippen LogP contribution in [-0.4, -0.2) is 23.7 Å². The second kappa shape index (κ2) is 8.34. The highest BCUT2D eigenvalue weighted by Crippen LogP contribution is 2.05. The number of hydrogen-bond donors (Lipinski definition) is 2. The number of carboxylic acid groups (broad SMARTS) is 1. The number of aliphatic carboxylic acids is 1. The summed E-state index contributed by atoms with van der Waals surface area (Å²) in [5.41, 5.74) is 13.3. The summed E-state index contributed by atoms with van der Waals surface area (Å²) in [6.07, 6.45) is 4.06. The summed E-state index contributed by atoms with van der Waals surface area (Å²) in [6, 6.07) is -0.743. The van der Waals surface area contributed by atoms with E-state index in [2.05, 4.69) is 10.0 Å². The van der Waals surface area contributed by atoms with E-state index in [9.17, 15) is 4.79 Å². The minimum absolute atomic E-state index is 0.511. The normalized spacial score (nSPS) is 11.8. The Morgan fingerprint density at radius 2 is 2.07 bits per heavy atom. The second-order valence-electron chi connectivity index (χ2n) is 3.10. The molecule has 6 heteroatoms. The average molecular weight is 200 g/mol. The summed E-state index contributed by atoms with van der Waals surface area (Å²) in [5, 5.41) is 11.9. The van der Waals surface area contributed by atoms with Crippen molar-refractivity contribution in [2.75, 3.05) is 6.54 Å². The topological polar surface area (TPSA) is 112 Å². The second-order valence-corrected chi connectivity index (χ2v) is 3.10. The fraction of sp³-hybridized carbons (Fsp3) is 0.875. The van der Waals surface area contributed by atoms with E-state index in [1.807, 2.05) is 0 Å². The molecule has 0 amide bonds. The molecule has 0 aromatic carbocycles. The maximum absolute atomic E-state index is 10.3. The molecule has 0 fully saturated rings. The molecule has 0 saturated carbocycles. The number of carboxylic acids is 1. The van der Waals surface area contributed by atoms with Crippen molar-refractivity contribution in [1.82, 2.24) is 0 Å². The quantitative estimate of drug-likeness (QED) is 0.269. The van der Waals surface area contributed by atoms with Gasteiger partial charge in [-0.2, -0.15) is 0 Å². The lowest BCUT2D eigenvalue weighted by atomic mass is 10.1. The van der Waals surface area contributed by atoms with Gasteiger partial charge < -0.3 is 10.8 Å². The number of hydrogen-bond acceptors (Lipinski definition) is 3. The van der Waals surface area contributed by atoms with Gasteiger partial charge in [0.15, 0.2) is 0 Å². The maximum Gasteiger partial charge on any atom is 0.320 e. The molecule has 0 aliphatic heterocycles. The van der Waals surface area contributed by atoms with Crippen molar-refractivity contribution >= 4 is 5.97 Å². The van der Waals surface area contributed by atoms with Crippen LogP contribution in [0, 0.1) is 0 Å². The van der Waals surface area contributed by atoms with Crippen molar-refractivity contribution in [2.45, 2.75) is 38.1 Å². The third kappa shape index (κ3) is 7.39. The van der Waals surface area contributed by atoms with Gasteiger partial charge in [0.25, 0.3) is 0 Å². The highest BCUT2D eigenvalue weighted by Gasteiger charge is 2.09. The SMILES string of the molecule is [N-]=[N+]=NCCCCCC[C@H](N)C(=O)O. The van der Waals surface area contributed by atoms with Gasteiger partial charge in [0.2, 0.25) is 0 Å². The van der Waals surface area contributed by atoms with Gasteiger partial charge in [0, 0.05) is 11.5 Å². The van der Waals surface area contributed by atoms with Gasteiger partial charge in [-0.05, 0) is 18.4 Å². The summed E-state index contributed by atoms with van der Waals surface area (Å²) >= 11 is 0. The first-order valence-electron chi connectivity index (χ1n) is 4.67. The van der Waals surface area contributed by atoms with Crippen molar-refractivity contribution in [3.8, 4) is 0 Å². The van der Waals surface area contributed by atoms with E-state index in [1.54, 1.807) is 0 Å². The largest absolute Gasteiger partial charge is 0.480 e. The monoisotopic (exact) mass is 200 g/mol. The molecule has 0 aliphatic rings. The first-order valence-corrected chi connectivity index (χ1v) is 4.67. The summed E-state index contributed by atoms with van der Waals surface area (Å²) in [6.45, 7) is 0.515. The van der Waals surface area contributed by atoms with E-state index >= 15 is 0 Å². The van der Waals surface area contributed by atoms with Crippen LogP contribution >= 0.6 is 0 Å². The van der Waals surface area contributed by atoms with Gasteiger partial charge in [-0.25, -0.2) is 0 Å². The molecule has 0 aromatic heterocycles. The van der Waals surface area contributed by atoms with E-state index in [-0.39, 0.29) is 0 Å². The number of nitrogens with zero attached hydrogens (tertiary/aromatic N) is 3. The van der Waals surface area contributed by atoms with Gasteiger partial charge in [-0.3, -0.25) is 4.79 Å². The summed E-state index contributed by atoms with van der Waals surface area (Å²) in [7, 11) is 0. The minimum atomic E-state index is -0.945. The van der Waals surface area contributed by atoms with Gasteiger partial charge in [0.1, 0.15) is 6.04 Å². The first-order chi connectivity index (χ1) is 6.68. The predicted molar refractivity (Wildman–Crippen MR) is 52.7 cm³/mol. The van der Waals surface area contributed by atoms with Crippen LogP contribution < -0.4 is 5.73 Å². The third-order valence-corrected chi connectivity index (χ3v) is 1.90. The average Bonchev–Trinajstić information content (AvgIpc) is 2.16. The smallest absolute Gasteiger partial charge is 0.320 e. The van der Waals surface area contributed by atoms with Crippen LogP contribution in [0.3, 0.4) is 0 Å². The zero-order chi connectivity index (χ0) is 10.8. The number of carbonyl (C=O) groups is 1. The number of rotatable bonds is 8. The van der Waals surface area contributed by atoms with E-state index in [0.29, 0.717) is 13.0 Å². The Morgan fingerprint density at radius 3 is 2.64 bits per heavy atom. The molecule has 80 valence electrons. The Kier molecular flexibility index (Phi) is 7.59. The molecular formula is C8H16N4O2. The Labute approximate surface area is 82.7 Å². The molecule has 0 rings (SSSR count). The van der Waals surface area contributed by atoms with Gasteiger partial charge in [-0.1, -0.05) is 24.4 Å². The molecule has 6 nitrogen and oxygen atoms in total. The molecule has 0 spiro atoms. The van der Waals surface area contributed by atoms with Gasteiger partial charge in [0.05, 0.1) is 0 Å². The molecule has 0 bridgehead atoms. The Morgan fingerprint density at radius 1 is 1.43 bits per heavy atom.